The predicted octanol–water partition coefficient (Wildman–Crippen LogP) is 4.88. The first-order valence-corrected chi connectivity index (χ1v) is 11.1. The van der Waals surface area contributed by atoms with E-state index in [-0.39, 0.29) is 17.3 Å². The number of nitrogens with zero attached hydrogens (tertiary/aromatic N) is 1. The van der Waals surface area contributed by atoms with Crippen molar-refractivity contribution in [3.05, 3.63) is 103 Å². The van der Waals surface area contributed by atoms with E-state index in [0.29, 0.717) is 11.3 Å². The largest absolute Gasteiger partial charge is 0.322 e. The molecule has 3 aromatic rings. The van der Waals surface area contributed by atoms with Crippen LogP contribution in [0.5, 0.6) is 0 Å². The van der Waals surface area contributed by atoms with Crippen LogP contribution >= 0.6 is 0 Å². The molecule has 0 aromatic heterocycles. The number of para-hydroxylation sites is 1. The molecule has 154 valence electrons. The highest BCUT2D eigenvalue weighted by atomic mass is 32.2. The van der Waals surface area contributed by atoms with Gasteiger partial charge in [0, 0.05) is 11.3 Å². The number of hydrogen-bond donors (Lipinski definition) is 1. The first kappa shape index (κ1) is 21.3. The number of aryl methyl sites for hydroxylation is 1. The monoisotopic (exact) mass is 420 g/mol. The third-order valence-electron chi connectivity index (χ3n) is 4.69. The minimum Gasteiger partial charge on any atom is -0.322 e. The molecule has 1 amide bonds. The molecule has 5 nitrogen and oxygen atoms in total. The predicted molar refractivity (Wildman–Crippen MR) is 121 cm³/mol. The van der Waals surface area contributed by atoms with Gasteiger partial charge in [-0.1, -0.05) is 49.4 Å². The van der Waals surface area contributed by atoms with Crippen LogP contribution in [0.1, 0.15) is 22.8 Å². The number of nitrogens with one attached hydrogen (secondary N) is 1. The highest BCUT2D eigenvalue weighted by Crippen LogP contribution is 2.24. The molecular weight excluding hydrogens is 396 g/mol. The Morgan fingerprint density at radius 3 is 2.23 bits per heavy atom. The summed E-state index contributed by atoms with van der Waals surface area (Å²) in [6, 6.07) is 22.4. The topological polar surface area (TPSA) is 66.5 Å². The summed E-state index contributed by atoms with van der Waals surface area (Å²) in [5, 5.41) is 2.92. The fourth-order valence-corrected chi connectivity index (χ4v) is 4.56. The van der Waals surface area contributed by atoms with Gasteiger partial charge in [-0.05, 0) is 54.4 Å². The van der Waals surface area contributed by atoms with Gasteiger partial charge in [-0.25, -0.2) is 8.42 Å². The summed E-state index contributed by atoms with van der Waals surface area (Å²) in [7, 11) is -3.75. The molecule has 0 spiro atoms. The second kappa shape index (κ2) is 9.41. The molecule has 0 radical (unpaired) electrons. The summed E-state index contributed by atoms with van der Waals surface area (Å²) < 4.78 is 27.4. The Morgan fingerprint density at radius 2 is 1.60 bits per heavy atom. The van der Waals surface area contributed by atoms with Gasteiger partial charge < -0.3 is 5.32 Å². The van der Waals surface area contributed by atoms with Crippen molar-refractivity contribution in [2.75, 3.05) is 16.2 Å². The van der Waals surface area contributed by atoms with E-state index >= 15 is 0 Å². The summed E-state index contributed by atoms with van der Waals surface area (Å²) in [4.78, 5) is 12.8. The molecule has 30 heavy (non-hydrogen) atoms. The zero-order valence-corrected chi connectivity index (χ0v) is 17.6. The second-order valence-electron chi connectivity index (χ2n) is 6.65. The molecule has 0 aliphatic heterocycles. The third-order valence-corrected chi connectivity index (χ3v) is 6.50. The molecule has 0 saturated carbocycles. The van der Waals surface area contributed by atoms with Gasteiger partial charge in [0.05, 0.1) is 17.1 Å². The molecule has 0 fully saturated rings. The van der Waals surface area contributed by atoms with E-state index in [1.165, 1.54) is 10.4 Å². The average Bonchev–Trinajstić information content (AvgIpc) is 2.78. The third kappa shape index (κ3) is 4.60. The lowest BCUT2D eigenvalue weighted by Gasteiger charge is -2.23. The van der Waals surface area contributed by atoms with Crippen LogP contribution in [-0.4, -0.2) is 20.9 Å². The number of amides is 1. The van der Waals surface area contributed by atoms with Crippen LogP contribution < -0.4 is 9.62 Å². The van der Waals surface area contributed by atoms with Gasteiger partial charge in [-0.3, -0.25) is 9.10 Å². The van der Waals surface area contributed by atoms with Gasteiger partial charge in [0.2, 0.25) is 0 Å². The molecule has 0 heterocycles. The Bertz CT molecular complexity index is 1120. The fourth-order valence-electron chi connectivity index (χ4n) is 3.10. The molecule has 3 rings (SSSR count). The van der Waals surface area contributed by atoms with E-state index < -0.39 is 10.0 Å². The minimum absolute atomic E-state index is 0.118. The first-order valence-electron chi connectivity index (χ1n) is 9.65. The van der Waals surface area contributed by atoms with Crippen LogP contribution in [0.2, 0.25) is 0 Å². The number of carbonyl (C=O) groups excluding carboxylic acids is 1. The highest BCUT2D eigenvalue weighted by Gasteiger charge is 2.24. The molecule has 0 atom stereocenters. The van der Waals surface area contributed by atoms with Crippen molar-refractivity contribution < 1.29 is 13.2 Å². The summed E-state index contributed by atoms with van der Waals surface area (Å²) in [6.45, 7) is 5.82. The molecule has 3 aromatic carbocycles. The van der Waals surface area contributed by atoms with Gasteiger partial charge in [-0.2, -0.15) is 0 Å². The van der Waals surface area contributed by atoms with Crippen molar-refractivity contribution in [3.8, 4) is 0 Å². The SMILES string of the molecule is C=CCN(c1ccc(C(=O)Nc2ccccc2CC)cc1)S(=O)(=O)c1ccccc1. The van der Waals surface area contributed by atoms with Gasteiger partial charge in [-0.15, -0.1) is 6.58 Å². The lowest BCUT2D eigenvalue weighted by molar-refractivity contribution is 0.102. The number of rotatable bonds is 8. The van der Waals surface area contributed by atoms with Crippen LogP contribution in [0.25, 0.3) is 0 Å². The Balaban J connectivity index is 1.85. The summed E-state index contributed by atoms with van der Waals surface area (Å²) in [5.41, 5.74) is 2.73. The zero-order valence-electron chi connectivity index (χ0n) is 16.8. The average molecular weight is 421 g/mol. The standard InChI is InChI=1S/C24H24N2O3S/c1-3-18-26(30(28,29)22-11-6-5-7-12-22)21-16-14-20(15-17-21)24(27)25-23-13-9-8-10-19(23)4-2/h3,5-17H,1,4,18H2,2H3,(H,25,27). The molecule has 0 aliphatic carbocycles. The van der Waals surface area contributed by atoms with Crippen LogP contribution in [0.4, 0.5) is 11.4 Å². The molecule has 0 bridgehead atoms. The zero-order chi connectivity index (χ0) is 21.6. The van der Waals surface area contributed by atoms with Crippen molar-refractivity contribution in [1.29, 1.82) is 0 Å². The molecule has 6 heteroatoms. The molecule has 0 saturated heterocycles. The van der Waals surface area contributed by atoms with Crippen molar-refractivity contribution in [2.24, 2.45) is 0 Å². The maximum Gasteiger partial charge on any atom is 0.264 e. The van der Waals surface area contributed by atoms with Crippen LogP contribution in [0, 0.1) is 0 Å². The molecular formula is C24H24N2O3S. The number of anilines is 2. The van der Waals surface area contributed by atoms with E-state index in [9.17, 15) is 13.2 Å². The first-order chi connectivity index (χ1) is 14.5. The van der Waals surface area contributed by atoms with Gasteiger partial charge >= 0.3 is 0 Å². The Morgan fingerprint density at radius 1 is 0.967 bits per heavy atom. The van der Waals surface area contributed by atoms with Crippen molar-refractivity contribution >= 4 is 27.3 Å². The molecule has 1 N–H and O–H groups in total. The number of benzene rings is 3. The summed E-state index contributed by atoms with van der Waals surface area (Å²) in [6.07, 6.45) is 2.34. The minimum atomic E-state index is -3.75. The number of hydrogen-bond acceptors (Lipinski definition) is 3. The lowest BCUT2D eigenvalue weighted by atomic mass is 10.1. The highest BCUT2D eigenvalue weighted by molar-refractivity contribution is 7.92. The Labute approximate surface area is 177 Å². The molecule has 0 aliphatic rings. The van der Waals surface area contributed by atoms with Crippen LogP contribution in [0.3, 0.4) is 0 Å². The smallest absolute Gasteiger partial charge is 0.264 e. The fraction of sp³-hybridized carbons (Fsp3) is 0.125. The van der Waals surface area contributed by atoms with Crippen LogP contribution in [0.15, 0.2) is 96.4 Å². The van der Waals surface area contributed by atoms with Crippen molar-refractivity contribution in [3.63, 3.8) is 0 Å². The molecule has 0 unspecified atom stereocenters. The normalized spacial score (nSPS) is 11.0. The van der Waals surface area contributed by atoms with Gasteiger partial charge in [0.25, 0.3) is 15.9 Å². The van der Waals surface area contributed by atoms with E-state index in [0.717, 1.165) is 17.7 Å². The van der Waals surface area contributed by atoms with E-state index in [1.54, 1.807) is 54.6 Å². The number of sulfonamides is 1. The van der Waals surface area contributed by atoms with Gasteiger partial charge in [0.15, 0.2) is 0 Å². The Kier molecular flexibility index (Phi) is 6.69. The maximum atomic E-state index is 13.1. The van der Waals surface area contributed by atoms with E-state index in [1.807, 2.05) is 31.2 Å². The van der Waals surface area contributed by atoms with E-state index in [2.05, 4.69) is 11.9 Å². The van der Waals surface area contributed by atoms with Crippen LogP contribution in [-0.2, 0) is 16.4 Å². The van der Waals surface area contributed by atoms with Crippen molar-refractivity contribution in [1.82, 2.24) is 0 Å². The number of carbonyl (C=O) groups is 1. The van der Waals surface area contributed by atoms with E-state index in [4.69, 9.17) is 0 Å². The quantitative estimate of drug-likeness (QED) is 0.528. The second-order valence-corrected chi connectivity index (χ2v) is 8.51. The lowest BCUT2D eigenvalue weighted by Crippen LogP contribution is -2.31. The van der Waals surface area contributed by atoms with Crippen molar-refractivity contribution in [2.45, 2.75) is 18.2 Å². The Hall–Kier alpha value is -3.38. The summed E-state index contributed by atoms with van der Waals surface area (Å²) >= 11 is 0. The summed E-state index contributed by atoms with van der Waals surface area (Å²) in [5.74, 6) is -0.247. The van der Waals surface area contributed by atoms with Gasteiger partial charge in [0.1, 0.15) is 0 Å². The maximum absolute atomic E-state index is 13.1.